The first-order chi connectivity index (χ1) is 6.63. The summed E-state index contributed by atoms with van der Waals surface area (Å²) < 4.78 is 0. The van der Waals surface area contributed by atoms with Gasteiger partial charge in [0.15, 0.2) is 0 Å². The molecule has 1 aromatic carbocycles. The van der Waals surface area contributed by atoms with Gasteiger partial charge in [0.25, 0.3) is 0 Å². The Kier molecular flexibility index (Phi) is 3.46. The summed E-state index contributed by atoms with van der Waals surface area (Å²) in [5.74, 6) is -0.0495. The number of benzene rings is 1. The molecule has 1 rings (SSSR count). The van der Waals surface area contributed by atoms with Crippen LogP contribution in [0.4, 0.5) is 0 Å². The van der Waals surface area contributed by atoms with Crippen molar-refractivity contribution in [3.8, 4) is 0 Å². The molecule has 14 heavy (non-hydrogen) atoms. The van der Waals surface area contributed by atoms with E-state index in [9.17, 15) is 4.79 Å². The van der Waals surface area contributed by atoms with Crippen LogP contribution in [0.15, 0.2) is 36.9 Å². The Labute approximate surface area is 84.9 Å². The monoisotopic (exact) mass is 189 g/mol. The van der Waals surface area contributed by atoms with Gasteiger partial charge in [0, 0.05) is 13.6 Å². The number of aryl methyl sites for hydroxylation is 1. The van der Waals surface area contributed by atoms with Crippen LogP contribution in [0.2, 0.25) is 0 Å². The molecule has 1 aromatic rings. The Morgan fingerprint density at radius 3 is 2.86 bits per heavy atom. The zero-order valence-electron chi connectivity index (χ0n) is 8.66. The average molecular weight is 189 g/mol. The van der Waals surface area contributed by atoms with E-state index in [0.29, 0.717) is 6.54 Å². The lowest BCUT2D eigenvalue weighted by Crippen LogP contribution is -2.23. The van der Waals surface area contributed by atoms with Crippen LogP contribution in [0.5, 0.6) is 0 Å². The van der Waals surface area contributed by atoms with Crippen LogP contribution >= 0.6 is 0 Å². The Hall–Kier alpha value is -1.57. The van der Waals surface area contributed by atoms with Gasteiger partial charge in [-0.2, -0.15) is 0 Å². The molecule has 1 amide bonds. The molecule has 0 fully saturated rings. The van der Waals surface area contributed by atoms with E-state index in [1.807, 2.05) is 25.1 Å². The summed E-state index contributed by atoms with van der Waals surface area (Å²) in [6.07, 6.45) is 1.33. The Morgan fingerprint density at radius 2 is 2.29 bits per heavy atom. The minimum Gasteiger partial charge on any atom is -0.338 e. The van der Waals surface area contributed by atoms with E-state index in [1.165, 1.54) is 11.6 Å². The molecule has 2 nitrogen and oxygen atoms in total. The third kappa shape index (κ3) is 2.73. The highest BCUT2D eigenvalue weighted by Crippen LogP contribution is 2.06. The van der Waals surface area contributed by atoms with Crippen molar-refractivity contribution in [1.29, 1.82) is 0 Å². The van der Waals surface area contributed by atoms with Crippen LogP contribution < -0.4 is 0 Å². The van der Waals surface area contributed by atoms with Crippen LogP contribution in [-0.4, -0.2) is 17.9 Å². The second-order valence-corrected chi connectivity index (χ2v) is 3.39. The van der Waals surface area contributed by atoms with Crippen molar-refractivity contribution in [3.63, 3.8) is 0 Å². The van der Waals surface area contributed by atoms with E-state index in [2.05, 4.69) is 12.6 Å². The second kappa shape index (κ2) is 4.61. The van der Waals surface area contributed by atoms with Crippen molar-refractivity contribution in [2.24, 2.45) is 0 Å². The number of hydrogen-bond donors (Lipinski definition) is 0. The first-order valence-corrected chi connectivity index (χ1v) is 4.56. The van der Waals surface area contributed by atoms with Crippen LogP contribution in [-0.2, 0) is 11.3 Å². The fourth-order valence-electron chi connectivity index (χ4n) is 1.32. The predicted molar refractivity (Wildman–Crippen MR) is 57.9 cm³/mol. The number of nitrogens with zero attached hydrogens (tertiary/aromatic N) is 1. The fraction of sp³-hybridized carbons (Fsp3) is 0.250. The zero-order valence-corrected chi connectivity index (χ0v) is 8.66. The van der Waals surface area contributed by atoms with Gasteiger partial charge in [0.2, 0.25) is 5.91 Å². The van der Waals surface area contributed by atoms with Crippen LogP contribution in [0.25, 0.3) is 0 Å². The third-order valence-corrected chi connectivity index (χ3v) is 2.05. The molecule has 0 aliphatic carbocycles. The molecule has 0 saturated heterocycles. The first kappa shape index (κ1) is 10.5. The molecule has 0 aliphatic heterocycles. The molecular weight excluding hydrogens is 174 g/mol. The van der Waals surface area contributed by atoms with Crippen molar-refractivity contribution in [2.45, 2.75) is 13.5 Å². The number of amides is 1. The number of carbonyl (C=O) groups excluding carboxylic acids is 1. The highest BCUT2D eigenvalue weighted by molar-refractivity contribution is 5.86. The summed E-state index contributed by atoms with van der Waals surface area (Å²) in [5, 5.41) is 0. The molecule has 0 unspecified atom stereocenters. The van der Waals surface area contributed by atoms with Crippen molar-refractivity contribution >= 4 is 5.91 Å². The SMILES string of the molecule is C=CC(=O)N(C)Cc1cccc(C)c1. The molecular formula is C12H15NO. The first-order valence-electron chi connectivity index (χ1n) is 4.56. The molecule has 2 heteroatoms. The number of rotatable bonds is 3. The summed E-state index contributed by atoms with van der Waals surface area (Å²) in [7, 11) is 1.77. The molecule has 0 heterocycles. The molecule has 0 aromatic heterocycles. The maximum absolute atomic E-state index is 11.2. The van der Waals surface area contributed by atoms with E-state index < -0.39 is 0 Å². The largest absolute Gasteiger partial charge is 0.338 e. The second-order valence-electron chi connectivity index (χ2n) is 3.39. The summed E-state index contributed by atoms with van der Waals surface area (Å²) >= 11 is 0. The molecule has 0 atom stereocenters. The van der Waals surface area contributed by atoms with Gasteiger partial charge in [-0.05, 0) is 18.6 Å². The van der Waals surface area contributed by atoms with E-state index in [0.717, 1.165) is 5.56 Å². The van der Waals surface area contributed by atoms with Gasteiger partial charge in [0.05, 0.1) is 0 Å². The van der Waals surface area contributed by atoms with Crippen molar-refractivity contribution in [2.75, 3.05) is 7.05 Å². The zero-order chi connectivity index (χ0) is 10.6. The lowest BCUT2D eigenvalue weighted by molar-refractivity contribution is -0.125. The van der Waals surface area contributed by atoms with Gasteiger partial charge in [0.1, 0.15) is 0 Å². The smallest absolute Gasteiger partial charge is 0.245 e. The standard InChI is InChI=1S/C12H15NO/c1-4-12(14)13(3)9-11-7-5-6-10(2)8-11/h4-8H,1,9H2,2-3H3. The Balaban J connectivity index is 2.69. The lowest BCUT2D eigenvalue weighted by Gasteiger charge is -2.15. The number of carbonyl (C=O) groups is 1. The maximum Gasteiger partial charge on any atom is 0.245 e. The summed E-state index contributed by atoms with van der Waals surface area (Å²) in [5.41, 5.74) is 2.35. The summed E-state index contributed by atoms with van der Waals surface area (Å²) in [6, 6.07) is 8.13. The molecule has 0 spiro atoms. The lowest BCUT2D eigenvalue weighted by atomic mass is 10.1. The van der Waals surface area contributed by atoms with Crippen LogP contribution in [0, 0.1) is 6.92 Å². The predicted octanol–water partition coefficient (Wildman–Crippen LogP) is 2.14. The van der Waals surface area contributed by atoms with Crippen molar-refractivity contribution in [1.82, 2.24) is 4.90 Å². The topological polar surface area (TPSA) is 20.3 Å². The molecule has 0 bridgehead atoms. The summed E-state index contributed by atoms with van der Waals surface area (Å²) in [6.45, 7) is 6.12. The van der Waals surface area contributed by atoms with Gasteiger partial charge in [-0.25, -0.2) is 0 Å². The van der Waals surface area contributed by atoms with E-state index >= 15 is 0 Å². The van der Waals surface area contributed by atoms with Gasteiger partial charge >= 0.3 is 0 Å². The third-order valence-electron chi connectivity index (χ3n) is 2.05. The fourth-order valence-corrected chi connectivity index (χ4v) is 1.32. The van der Waals surface area contributed by atoms with E-state index in [4.69, 9.17) is 0 Å². The molecule has 0 radical (unpaired) electrons. The Bertz CT molecular complexity index is 344. The summed E-state index contributed by atoms with van der Waals surface area (Å²) in [4.78, 5) is 12.8. The average Bonchev–Trinajstić information content (AvgIpc) is 2.16. The van der Waals surface area contributed by atoms with Crippen LogP contribution in [0.3, 0.4) is 0 Å². The minimum absolute atomic E-state index is 0.0495. The number of hydrogen-bond acceptors (Lipinski definition) is 1. The molecule has 74 valence electrons. The van der Waals surface area contributed by atoms with E-state index in [1.54, 1.807) is 11.9 Å². The highest BCUT2D eigenvalue weighted by Gasteiger charge is 2.04. The molecule has 0 aliphatic rings. The molecule has 0 saturated carbocycles. The normalized spacial score (nSPS) is 9.57. The van der Waals surface area contributed by atoms with Gasteiger partial charge < -0.3 is 4.90 Å². The van der Waals surface area contributed by atoms with Crippen LogP contribution in [0.1, 0.15) is 11.1 Å². The van der Waals surface area contributed by atoms with E-state index in [-0.39, 0.29) is 5.91 Å². The Morgan fingerprint density at radius 1 is 1.57 bits per heavy atom. The van der Waals surface area contributed by atoms with Crippen molar-refractivity contribution < 1.29 is 4.79 Å². The van der Waals surface area contributed by atoms with Crippen molar-refractivity contribution in [3.05, 3.63) is 48.0 Å². The quantitative estimate of drug-likeness (QED) is 0.667. The minimum atomic E-state index is -0.0495. The molecule has 0 N–H and O–H groups in total. The van der Waals surface area contributed by atoms with Gasteiger partial charge in [-0.15, -0.1) is 0 Å². The van der Waals surface area contributed by atoms with Gasteiger partial charge in [-0.3, -0.25) is 4.79 Å². The highest BCUT2D eigenvalue weighted by atomic mass is 16.2. The van der Waals surface area contributed by atoms with Gasteiger partial charge in [-0.1, -0.05) is 36.4 Å². The maximum atomic E-state index is 11.2. The number of likely N-dealkylation sites (N-methyl/N-ethyl adjacent to an activating group) is 1.